The average Bonchev–Trinajstić information content (AvgIpc) is 2.77. The Hall–Kier alpha value is -1.80. The van der Waals surface area contributed by atoms with Crippen LogP contribution in [0.3, 0.4) is 0 Å². The number of rotatable bonds is 2. The predicted molar refractivity (Wildman–Crippen MR) is 84.4 cm³/mol. The summed E-state index contributed by atoms with van der Waals surface area (Å²) in [6.45, 7) is 6.21. The van der Waals surface area contributed by atoms with Gasteiger partial charge in [-0.05, 0) is 38.5 Å². The summed E-state index contributed by atoms with van der Waals surface area (Å²) >= 11 is 6.40. The smallest absolute Gasteiger partial charge is 0.137 e. The summed E-state index contributed by atoms with van der Waals surface area (Å²) in [5, 5.41) is -0.0943. The first-order valence-electron chi connectivity index (χ1n) is 6.76. The van der Waals surface area contributed by atoms with Crippen molar-refractivity contribution in [3.05, 3.63) is 59.4 Å². The number of aromatic nitrogens is 2. The van der Waals surface area contributed by atoms with Crippen LogP contribution in [0, 0.1) is 13.8 Å². The highest BCUT2D eigenvalue weighted by Gasteiger charge is 2.18. The van der Waals surface area contributed by atoms with Crippen LogP contribution < -0.4 is 0 Å². The van der Waals surface area contributed by atoms with E-state index in [9.17, 15) is 0 Å². The minimum atomic E-state index is -0.0943. The molecule has 2 aromatic heterocycles. The van der Waals surface area contributed by atoms with E-state index in [1.807, 2.05) is 31.3 Å². The zero-order chi connectivity index (χ0) is 14.3. The Morgan fingerprint density at radius 1 is 1.15 bits per heavy atom. The molecule has 0 saturated heterocycles. The highest BCUT2D eigenvalue weighted by Crippen LogP contribution is 2.33. The number of aryl methyl sites for hydroxylation is 2. The van der Waals surface area contributed by atoms with E-state index in [-0.39, 0.29) is 5.38 Å². The second-order valence-electron chi connectivity index (χ2n) is 5.21. The quantitative estimate of drug-likeness (QED) is 0.611. The molecule has 0 saturated carbocycles. The van der Waals surface area contributed by atoms with Crippen LogP contribution in [0.4, 0.5) is 0 Å². The van der Waals surface area contributed by atoms with Crippen LogP contribution in [0.5, 0.6) is 0 Å². The molecule has 0 aliphatic carbocycles. The summed E-state index contributed by atoms with van der Waals surface area (Å²) in [6, 6.07) is 12.4. The number of hydrogen-bond donors (Lipinski definition) is 0. The molecular formula is C17H17ClN2. The van der Waals surface area contributed by atoms with E-state index in [0.717, 1.165) is 22.6 Å². The number of halogens is 1. The average molecular weight is 285 g/mol. The second kappa shape index (κ2) is 4.95. The maximum atomic E-state index is 6.40. The standard InChI is InChI=1S/C17H17ClN2/c1-11-7-8-14(12(2)10-11)16-17(13(3)18)20-9-5-4-6-15(20)19-16/h4-10,13H,1-3H3. The summed E-state index contributed by atoms with van der Waals surface area (Å²) in [5.74, 6) is 0. The third-order valence-corrected chi connectivity index (χ3v) is 3.79. The van der Waals surface area contributed by atoms with E-state index in [2.05, 4.69) is 36.4 Å². The van der Waals surface area contributed by atoms with Gasteiger partial charge in [0.25, 0.3) is 0 Å². The largest absolute Gasteiger partial charge is 0.302 e. The first-order valence-corrected chi connectivity index (χ1v) is 7.20. The molecular weight excluding hydrogens is 268 g/mol. The van der Waals surface area contributed by atoms with Gasteiger partial charge in [0.2, 0.25) is 0 Å². The van der Waals surface area contributed by atoms with Gasteiger partial charge in [-0.25, -0.2) is 4.98 Å². The maximum absolute atomic E-state index is 6.40. The third kappa shape index (κ3) is 2.10. The monoisotopic (exact) mass is 284 g/mol. The lowest BCUT2D eigenvalue weighted by Crippen LogP contribution is -1.96. The first kappa shape index (κ1) is 13.2. The minimum Gasteiger partial charge on any atom is -0.302 e. The lowest BCUT2D eigenvalue weighted by atomic mass is 10.0. The number of alkyl halides is 1. The molecule has 0 amide bonds. The van der Waals surface area contributed by atoms with Crippen molar-refractivity contribution in [1.29, 1.82) is 0 Å². The zero-order valence-corrected chi connectivity index (χ0v) is 12.6. The van der Waals surface area contributed by atoms with E-state index in [0.29, 0.717) is 0 Å². The topological polar surface area (TPSA) is 17.3 Å². The number of pyridine rings is 1. The Balaban J connectivity index is 2.32. The van der Waals surface area contributed by atoms with Crippen LogP contribution in [-0.4, -0.2) is 9.38 Å². The second-order valence-corrected chi connectivity index (χ2v) is 5.86. The van der Waals surface area contributed by atoms with Crippen molar-refractivity contribution >= 4 is 17.2 Å². The number of benzene rings is 1. The summed E-state index contributed by atoms with van der Waals surface area (Å²) in [5.41, 5.74) is 6.61. The molecule has 0 fully saturated rings. The molecule has 0 spiro atoms. The van der Waals surface area contributed by atoms with Gasteiger partial charge in [-0.15, -0.1) is 11.6 Å². The molecule has 2 nitrogen and oxygen atoms in total. The van der Waals surface area contributed by atoms with Gasteiger partial charge in [-0.1, -0.05) is 29.8 Å². The van der Waals surface area contributed by atoms with Gasteiger partial charge in [0, 0.05) is 11.8 Å². The lowest BCUT2D eigenvalue weighted by molar-refractivity contribution is 0.964. The molecule has 0 N–H and O–H groups in total. The fourth-order valence-electron chi connectivity index (χ4n) is 2.67. The van der Waals surface area contributed by atoms with Gasteiger partial charge < -0.3 is 4.40 Å². The molecule has 0 bridgehead atoms. The molecule has 3 aromatic rings. The van der Waals surface area contributed by atoms with E-state index in [4.69, 9.17) is 16.6 Å². The molecule has 1 unspecified atom stereocenters. The van der Waals surface area contributed by atoms with Crippen molar-refractivity contribution < 1.29 is 0 Å². The highest BCUT2D eigenvalue weighted by atomic mass is 35.5. The first-order chi connectivity index (χ1) is 9.58. The third-order valence-electron chi connectivity index (χ3n) is 3.58. The summed E-state index contributed by atoms with van der Waals surface area (Å²) in [4.78, 5) is 4.77. The highest BCUT2D eigenvalue weighted by molar-refractivity contribution is 6.20. The van der Waals surface area contributed by atoms with Crippen LogP contribution in [-0.2, 0) is 0 Å². The van der Waals surface area contributed by atoms with E-state index >= 15 is 0 Å². The van der Waals surface area contributed by atoms with E-state index < -0.39 is 0 Å². The number of nitrogens with zero attached hydrogens (tertiary/aromatic N) is 2. The minimum absolute atomic E-state index is 0.0943. The van der Waals surface area contributed by atoms with Crippen molar-refractivity contribution in [3.8, 4) is 11.3 Å². The van der Waals surface area contributed by atoms with Crippen LogP contribution in [0.25, 0.3) is 16.9 Å². The van der Waals surface area contributed by atoms with E-state index in [1.54, 1.807) is 0 Å². The molecule has 1 aromatic carbocycles. The van der Waals surface area contributed by atoms with Crippen molar-refractivity contribution in [2.75, 3.05) is 0 Å². The molecule has 1 atom stereocenters. The van der Waals surface area contributed by atoms with E-state index in [1.165, 1.54) is 11.1 Å². The number of fused-ring (bicyclic) bond motifs is 1. The fourth-order valence-corrected chi connectivity index (χ4v) is 2.88. The maximum Gasteiger partial charge on any atom is 0.137 e. The Kier molecular flexibility index (Phi) is 3.27. The Bertz CT molecular complexity index is 772. The number of hydrogen-bond acceptors (Lipinski definition) is 1. The van der Waals surface area contributed by atoms with Gasteiger partial charge >= 0.3 is 0 Å². The summed E-state index contributed by atoms with van der Waals surface area (Å²) in [6.07, 6.45) is 2.02. The van der Waals surface area contributed by atoms with Crippen molar-refractivity contribution in [2.45, 2.75) is 26.1 Å². The van der Waals surface area contributed by atoms with Gasteiger partial charge in [0.05, 0.1) is 16.8 Å². The molecule has 2 heterocycles. The molecule has 3 heteroatoms. The molecule has 20 heavy (non-hydrogen) atoms. The van der Waals surface area contributed by atoms with Crippen molar-refractivity contribution in [1.82, 2.24) is 9.38 Å². The van der Waals surface area contributed by atoms with Crippen molar-refractivity contribution in [2.24, 2.45) is 0 Å². The van der Waals surface area contributed by atoms with Crippen LogP contribution in [0.15, 0.2) is 42.6 Å². The van der Waals surface area contributed by atoms with Gasteiger partial charge in [0.15, 0.2) is 0 Å². The Morgan fingerprint density at radius 3 is 2.65 bits per heavy atom. The molecule has 0 radical (unpaired) electrons. The number of imidazole rings is 1. The molecule has 3 rings (SSSR count). The van der Waals surface area contributed by atoms with Crippen LogP contribution in [0.2, 0.25) is 0 Å². The van der Waals surface area contributed by atoms with Gasteiger partial charge in [0.1, 0.15) is 5.65 Å². The SMILES string of the molecule is Cc1ccc(-c2nc3ccccn3c2C(C)Cl)c(C)c1. The van der Waals surface area contributed by atoms with Crippen LogP contribution >= 0.6 is 11.6 Å². The van der Waals surface area contributed by atoms with Crippen LogP contribution in [0.1, 0.15) is 29.1 Å². The molecule has 0 aliphatic rings. The van der Waals surface area contributed by atoms with Gasteiger partial charge in [-0.2, -0.15) is 0 Å². The lowest BCUT2D eigenvalue weighted by Gasteiger charge is -2.09. The molecule has 0 aliphatic heterocycles. The Labute approximate surface area is 124 Å². The fraction of sp³-hybridized carbons (Fsp3) is 0.235. The predicted octanol–water partition coefficient (Wildman–Crippen LogP) is 4.92. The zero-order valence-electron chi connectivity index (χ0n) is 11.9. The van der Waals surface area contributed by atoms with Crippen molar-refractivity contribution in [3.63, 3.8) is 0 Å². The van der Waals surface area contributed by atoms with Gasteiger partial charge in [-0.3, -0.25) is 0 Å². The summed E-state index contributed by atoms with van der Waals surface area (Å²) < 4.78 is 2.08. The Morgan fingerprint density at radius 2 is 1.95 bits per heavy atom. The molecule has 102 valence electrons. The summed E-state index contributed by atoms with van der Waals surface area (Å²) in [7, 11) is 0. The normalized spacial score (nSPS) is 12.8.